The SMILES string of the molecule is NC(=O)NCCCC[C@H](NC(=O)CCCCNc1ccccn1)C(=O)NC(CC(=O)O)c1ccc(-c2ccccc2)cc1.O=C(O)C(F)(F)F. The number of nitrogens with one attached hydrogen (secondary N) is 4. The van der Waals surface area contributed by atoms with Crippen LogP contribution in [0.15, 0.2) is 79.0 Å². The molecule has 2 aromatic carbocycles. The molecule has 0 aliphatic rings. The summed E-state index contributed by atoms with van der Waals surface area (Å²) < 4.78 is 31.7. The quantitative estimate of drug-likeness (QED) is 0.0920. The molecule has 50 heavy (non-hydrogen) atoms. The van der Waals surface area contributed by atoms with E-state index < -0.39 is 42.1 Å². The second-order valence-electron chi connectivity index (χ2n) is 11.0. The smallest absolute Gasteiger partial charge is 0.481 e. The highest BCUT2D eigenvalue weighted by atomic mass is 19.4. The number of hydrogen-bond acceptors (Lipinski definition) is 7. The van der Waals surface area contributed by atoms with Crippen molar-refractivity contribution in [3.8, 4) is 11.1 Å². The van der Waals surface area contributed by atoms with E-state index in [0.29, 0.717) is 44.3 Å². The number of alkyl halides is 3. The van der Waals surface area contributed by atoms with Crippen LogP contribution in [0.2, 0.25) is 0 Å². The van der Waals surface area contributed by atoms with Gasteiger partial charge >= 0.3 is 24.1 Å². The van der Waals surface area contributed by atoms with Crippen molar-refractivity contribution < 1.29 is 47.4 Å². The zero-order valence-electron chi connectivity index (χ0n) is 27.1. The van der Waals surface area contributed by atoms with E-state index in [-0.39, 0.29) is 18.7 Å². The third-order valence-corrected chi connectivity index (χ3v) is 7.03. The van der Waals surface area contributed by atoms with Gasteiger partial charge in [-0.3, -0.25) is 14.4 Å². The Balaban J connectivity index is 0.00000112. The Labute approximate surface area is 286 Å². The zero-order chi connectivity index (χ0) is 36.9. The number of rotatable bonds is 18. The molecule has 1 heterocycles. The van der Waals surface area contributed by atoms with Crippen molar-refractivity contribution >= 4 is 35.6 Å². The summed E-state index contributed by atoms with van der Waals surface area (Å²) in [5, 5.41) is 28.1. The fourth-order valence-electron chi connectivity index (χ4n) is 4.55. The van der Waals surface area contributed by atoms with Crippen LogP contribution in [0.5, 0.6) is 0 Å². The fraction of sp³-hybridized carbons (Fsp3) is 0.353. The topological polar surface area (TPSA) is 213 Å². The number of urea groups is 1. The van der Waals surface area contributed by atoms with Crippen molar-refractivity contribution in [2.24, 2.45) is 5.73 Å². The lowest BCUT2D eigenvalue weighted by Crippen LogP contribution is -2.48. The standard InChI is InChI=1S/C32H40N6O5.C2HF3O2/c33-32(43)36-21-7-4-12-26(37-29(39)14-6-9-20-35-28-13-5-8-19-34-28)31(42)38-27(22-30(40)41)25-17-15-24(16-18-25)23-10-2-1-3-11-23;3-2(4,5)1(6)7/h1-3,5,8,10-11,13,15-19,26-27H,4,6-7,9,12,14,20-22H2,(H,34,35)(H,37,39)(H,38,42)(H,40,41)(H3,33,36,43);(H,6,7)/t26-,27?;/m0./s1. The molecule has 0 radical (unpaired) electrons. The number of carbonyl (C=O) groups is 5. The predicted molar refractivity (Wildman–Crippen MR) is 179 cm³/mol. The number of carbonyl (C=O) groups excluding carboxylic acids is 3. The number of benzene rings is 2. The Bertz CT molecular complexity index is 1510. The largest absolute Gasteiger partial charge is 0.490 e. The summed E-state index contributed by atoms with van der Waals surface area (Å²) in [6.07, 6.45) is -0.725. The van der Waals surface area contributed by atoms with Crippen LogP contribution < -0.4 is 27.0 Å². The van der Waals surface area contributed by atoms with E-state index in [2.05, 4.69) is 26.3 Å². The number of primary amides is 1. The summed E-state index contributed by atoms with van der Waals surface area (Å²) in [6, 6.07) is 20.5. The number of anilines is 1. The van der Waals surface area contributed by atoms with Crippen LogP contribution in [-0.4, -0.2) is 70.3 Å². The van der Waals surface area contributed by atoms with Gasteiger partial charge in [0.15, 0.2) is 0 Å². The summed E-state index contributed by atoms with van der Waals surface area (Å²) >= 11 is 0. The normalized spacial score (nSPS) is 11.9. The van der Waals surface area contributed by atoms with Crippen LogP contribution in [0.4, 0.5) is 23.8 Å². The van der Waals surface area contributed by atoms with E-state index in [4.69, 9.17) is 15.6 Å². The fourth-order valence-corrected chi connectivity index (χ4v) is 4.55. The average Bonchev–Trinajstić information content (AvgIpc) is 3.07. The maximum atomic E-state index is 13.4. The first-order chi connectivity index (χ1) is 23.8. The molecule has 2 atom stereocenters. The minimum absolute atomic E-state index is 0.233. The van der Waals surface area contributed by atoms with E-state index in [1.165, 1.54) is 0 Å². The molecule has 3 aromatic rings. The first-order valence-electron chi connectivity index (χ1n) is 15.7. The Morgan fingerprint density at radius 2 is 1.40 bits per heavy atom. The number of hydrogen-bond donors (Lipinski definition) is 7. The maximum Gasteiger partial charge on any atom is 0.490 e. The van der Waals surface area contributed by atoms with Gasteiger partial charge in [0, 0.05) is 25.7 Å². The first-order valence-corrected chi connectivity index (χ1v) is 15.7. The van der Waals surface area contributed by atoms with Gasteiger partial charge in [-0.15, -0.1) is 0 Å². The van der Waals surface area contributed by atoms with Gasteiger partial charge in [-0.05, 0) is 60.9 Å². The highest BCUT2D eigenvalue weighted by Gasteiger charge is 2.38. The minimum Gasteiger partial charge on any atom is -0.481 e. The Morgan fingerprint density at radius 1 is 0.780 bits per heavy atom. The molecular weight excluding hydrogens is 661 g/mol. The molecule has 0 bridgehead atoms. The van der Waals surface area contributed by atoms with Crippen molar-refractivity contribution in [3.05, 3.63) is 84.6 Å². The molecule has 3 rings (SSSR count). The van der Waals surface area contributed by atoms with Crippen LogP contribution in [0.25, 0.3) is 11.1 Å². The van der Waals surface area contributed by atoms with Gasteiger partial charge in [0.1, 0.15) is 11.9 Å². The predicted octanol–water partition coefficient (Wildman–Crippen LogP) is 4.62. The van der Waals surface area contributed by atoms with Gasteiger partial charge in [0.2, 0.25) is 11.8 Å². The molecule has 8 N–H and O–H groups in total. The highest BCUT2D eigenvalue weighted by Crippen LogP contribution is 2.24. The number of amides is 4. The second kappa shape index (κ2) is 21.3. The van der Waals surface area contributed by atoms with Crippen molar-refractivity contribution in [3.63, 3.8) is 0 Å². The Kier molecular flexibility index (Phi) is 17.3. The number of carboxylic acid groups (broad SMARTS) is 2. The van der Waals surface area contributed by atoms with Crippen LogP contribution in [-0.2, 0) is 19.2 Å². The van der Waals surface area contributed by atoms with Gasteiger partial charge in [0.05, 0.1) is 12.5 Å². The Hall–Kier alpha value is -5.67. The van der Waals surface area contributed by atoms with Gasteiger partial charge in [-0.1, -0.05) is 60.7 Å². The maximum absolute atomic E-state index is 13.4. The lowest BCUT2D eigenvalue weighted by Gasteiger charge is -2.23. The van der Waals surface area contributed by atoms with E-state index in [1.54, 1.807) is 18.3 Å². The molecule has 0 aliphatic carbocycles. The summed E-state index contributed by atoms with van der Waals surface area (Å²) in [4.78, 5) is 61.9. The van der Waals surface area contributed by atoms with Gasteiger partial charge in [-0.25, -0.2) is 14.6 Å². The molecule has 1 aromatic heterocycles. The molecule has 0 spiro atoms. The third-order valence-electron chi connectivity index (χ3n) is 7.03. The number of pyridine rings is 1. The molecule has 4 amide bonds. The number of unbranched alkanes of at least 4 members (excludes halogenated alkanes) is 2. The molecule has 0 saturated heterocycles. The summed E-state index contributed by atoms with van der Waals surface area (Å²) in [6.45, 7) is 0.997. The molecule has 0 fully saturated rings. The molecule has 1 unspecified atom stereocenters. The van der Waals surface area contributed by atoms with Crippen LogP contribution >= 0.6 is 0 Å². The highest BCUT2D eigenvalue weighted by molar-refractivity contribution is 5.88. The van der Waals surface area contributed by atoms with E-state index in [9.17, 15) is 37.5 Å². The summed E-state index contributed by atoms with van der Waals surface area (Å²) in [5.74, 6) is -3.79. The van der Waals surface area contributed by atoms with Crippen molar-refractivity contribution in [2.45, 2.75) is 63.2 Å². The van der Waals surface area contributed by atoms with E-state index >= 15 is 0 Å². The minimum atomic E-state index is -5.08. The average molecular weight is 703 g/mol. The van der Waals surface area contributed by atoms with Crippen molar-refractivity contribution in [1.29, 1.82) is 0 Å². The molecular formula is C34H41F3N6O7. The molecule has 0 saturated carbocycles. The van der Waals surface area contributed by atoms with Crippen LogP contribution in [0.1, 0.15) is 56.6 Å². The lowest BCUT2D eigenvalue weighted by molar-refractivity contribution is -0.192. The monoisotopic (exact) mass is 702 g/mol. The van der Waals surface area contributed by atoms with Gasteiger partial charge in [-0.2, -0.15) is 13.2 Å². The molecule has 270 valence electrons. The van der Waals surface area contributed by atoms with E-state index in [0.717, 1.165) is 23.4 Å². The molecule has 16 heteroatoms. The number of aliphatic carboxylic acids is 2. The summed E-state index contributed by atoms with van der Waals surface area (Å²) in [7, 11) is 0. The number of nitrogens with two attached hydrogens (primary N) is 1. The van der Waals surface area contributed by atoms with Crippen LogP contribution in [0.3, 0.4) is 0 Å². The van der Waals surface area contributed by atoms with Crippen molar-refractivity contribution in [2.75, 3.05) is 18.4 Å². The summed E-state index contributed by atoms with van der Waals surface area (Å²) in [5.41, 5.74) is 7.75. The third kappa shape index (κ3) is 16.4. The second-order valence-corrected chi connectivity index (χ2v) is 11.0. The lowest BCUT2D eigenvalue weighted by atomic mass is 9.98. The number of nitrogens with zero attached hydrogens (tertiary/aromatic N) is 1. The van der Waals surface area contributed by atoms with Gasteiger partial charge < -0.3 is 37.2 Å². The van der Waals surface area contributed by atoms with Crippen molar-refractivity contribution in [1.82, 2.24) is 20.9 Å². The number of aromatic nitrogens is 1. The number of halogens is 3. The zero-order valence-corrected chi connectivity index (χ0v) is 27.1. The Morgan fingerprint density at radius 3 is 1.98 bits per heavy atom. The van der Waals surface area contributed by atoms with E-state index in [1.807, 2.05) is 60.7 Å². The molecule has 0 aliphatic heterocycles. The first kappa shape index (κ1) is 40.5. The number of carboxylic acids is 2. The van der Waals surface area contributed by atoms with Crippen LogP contribution in [0, 0.1) is 0 Å². The van der Waals surface area contributed by atoms with Gasteiger partial charge in [0.25, 0.3) is 0 Å². The molecule has 13 nitrogen and oxygen atoms in total.